The third kappa shape index (κ3) is 2.99. The summed E-state index contributed by atoms with van der Waals surface area (Å²) in [4.78, 5) is 9.72. The van der Waals surface area contributed by atoms with Crippen LogP contribution in [0.3, 0.4) is 0 Å². The Balaban J connectivity index is 0.00000169. The topological polar surface area (TPSA) is 124 Å². The van der Waals surface area contributed by atoms with Crippen LogP contribution in [0, 0.1) is 10.1 Å². The minimum absolute atomic E-state index is 0. The highest BCUT2D eigenvalue weighted by Crippen LogP contribution is 2.22. The average Bonchev–Trinajstić information content (AvgIpc) is 2.03. The zero-order chi connectivity index (χ0) is 9.84. The molecule has 0 fully saturated rings. The third-order valence-electron chi connectivity index (χ3n) is 1.31. The van der Waals surface area contributed by atoms with Crippen molar-refractivity contribution in [1.29, 1.82) is 0 Å². The highest BCUT2D eigenvalue weighted by atomic mass is 32.2. The largest absolute Gasteiger partial charge is 0.344 e. The highest BCUT2D eigenvalue weighted by molar-refractivity contribution is 7.73. The number of rotatable bonds is 3. The lowest BCUT2D eigenvalue weighted by atomic mass is 10.3. The lowest BCUT2D eigenvalue weighted by molar-refractivity contribution is -0.383. The Morgan fingerprint density at radius 1 is 1.29 bits per heavy atom. The minimum Gasteiger partial charge on any atom is -0.344 e. The molecule has 4 N–H and O–H groups in total. The quantitative estimate of drug-likeness (QED) is 0.392. The second kappa shape index (κ2) is 5.14. The van der Waals surface area contributed by atoms with Crippen LogP contribution < -0.4 is 10.9 Å². The van der Waals surface area contributed by atoms with Gasteiger partial charge in [-0.05, 0) is 6.07 Å². The van der Waals surface area contributed by atoms with Gasteiger partial charge in [-0.1, -0.05) is 12.1 Å². The molecule has 1 rings (SSSR count). The maximum atomic E-state index is 10.4. The van der Waals surface area contributed by atoms with Crippen LogP contribution in [0.1, 0.15) is 0 Å². The van der Waals surface area contributed by atoms with Crippen LogP contribution in [0.5, 0.6) is 0 Å². The van der Waals surface area contributed by atoms with Gasteiger partial charge < -0.3 is 6.15 Å². The van der Waals surface area contributed by atoms with Crippen molar-refractivity contribution in [2.75, 3.05) is 4.72 Å². The molecule has 0 heterocycles. The van der Waals surface area contributed by atoms with Crippen molar-refractivity contribution in [3.05, 3.63) is 34.4 Å². The van der Waals surface area contributed by atoms with E-state index < -0.39 is 15.8 Å². The SMILES string of the molecule is N.O=[N+]([O-])c1ccccc1N[SH](=O)=O. The molecule has 0 saturated heterocycles. The summed E-state index contributed by atoms with van der Waals surface area (Å²) < 4.78 is 22.5. The van der Waals surface area contributed by atoms with Gasteiger partial charge in [0.25, 0.3) is 5.69 Å². The highest BCUT2D eigenvalue weighted by Gasteiger charge is 2.11. The zero-order valence-corrected chi connectivity index (χ0v) is 7.94. The Morgan fingerprint density at radius 3 is 2.36 bits per heavy atom. The van der Waals surface area contributed by atoms with E-state index in [0.29, 0.717) is 0 Å². The van der Waals surface area contributed by atoms with Gasteiger partial charge in [-0.15, -0.1) is 0 Å². The molecule has 0 bridgehead atoms. The monoisotopic (exact) mass is 219 g/mol. The van der Waals surface area contributed by atoms with Crippen molar-refractivity contribution in [2.45, 2.75) is 0 Å². The molecule has 0 aliphatic carbocycles. The van der Waals surface area contributed by atoms with Crippen molar-refractivity contribution in [3.63, 3.8) is 0 Å². The molecular formula is C6H9N3O4S. The predicted molar refractivity (Wildman–Crippen MR) is 52.1 cm³/mol. The van der Waals surface area contributed by atoms with Gasteiger partial charge in [0.2, 0.25) is 10.9 Å². The molecule has 1 aromatic carbocycles. The normalized spacial score (nSPS) is 9.21. The molecule has 0 spiro atoms. The molecule has 0 radical (unpaired) electrons. The van der Waals surface area contributed by atoms with Crippen LogP contribution in [0.15, 0.2) is 24.3 Å². The fourth-order valence-electron chi connectivity index (χ4n) is 0.826. The Bertz CT molecular complexity index is 396. The molecular weight excluding hydrogens is 210 g/mol. The molecule has 0 aliphatic heterocycles. The second-order valence-electron chi connectivity index (χ2n) is 2.14. The van der Waals surface area contributed by atoms with E-state index in [1.54, 1.807) is 0 Å². The molecule has 0 aromatic heterocycles. The summed E-state index contributed by atoms with van der Waals surface area (Å²) in [6, 6.07) is 5.51. The van der Waals surface area contributed by atoms with Gasteiger partial charge in [-0.25, -0.2) is 8.42 Å². The van der Waals surface area contributed by atoms with Crippen molar-refractivity contribution in [3.8, 4) is 0 Å². The summed E-state index contributed by atoms with van der Waals surface area (Å²) in [6.45, 7) is 0. The van der Waals surface area contributed by atoms with Gasteiger partial charge in [0, 0.05) is 6.07 Å². The first kappa shape index (κ1) is 12.3. The third-order valence-corrected chi connectivity index (χ3v) is 1.74. The molecule has 0 atom stereocenters. The molecule has 78 valence electrons. The fourth-order valence-corrected chi connectivity index (χ4v) is 1.21. The number of para-hydroxylation sites is 2. The number of hydrogen-bond acceptors (Lipinski definition) is 5. The first-order valence-electron chi connectivity index (χ1n) is 3.25. The molecule has 8 heteroatoms. The van der Waals surface area contributed by atoms with Gasteiger partial charge in [0.05, 0.1) is 4.92 Å². The lowest BCUT2D eigenvalue weighted by Gasteiger charge is -1.98. The maximum Gasteiger partial charge on any atom is 0.293 e. The Kier molecular flexibility index (Phi) is 4.53. The van der Waals surface area contributed by atoms with E-state index in [0.717, 1.165) is 0 Å². The van der Waals surface area contributed by atoms with E-state index in [2.05, 4.69) is 0 Å². The van der Waals surface area contributed by atoms with Crippen LogP contribution in [0.4, 0.5) is 11.4 Å². The smallest absolute Gasteiger partial charge is 0.293 e. The number of nitrogens with zero attached hydrogens (tertiary/aromatic N) is 1. The van der Waals surface area contributed by atoms with Gasteiger partial charge >= 0.3 is 0 Å². The summed E-state index contributed by atoms with van der Waals surface area (Å²) in [7, 11) is -2.87. The number of hydrogen-bond donors (Lipinski definition) is 3. The molecule has 7 nitrogen and oxygen atoms in total. The van der Waals surface area contributed by atoms with E-state index in [1.165, 1.54) is 24.3 Å². The standard InChI is InChI=1S/C6H6N2O4S.H3N/c9-8(10)6-4-2-1-3-5(6)7-13(11)12;/h1-4,13H,(H,7,11,12);1H3. The van der Waals surface area contributed by atoms with Crippen molar-refractivity contribution in [1.82, 2.24) is 6.15 Å². The van der Waals surface area contributed by atoms with Gasteiger partial charge in [0.1, 0.15) is 5.69 Å². The van der Waals surface area contributed by atoms with Crippen molar-refractivity contribution in [2.24, 2.45) is 0 Å². The second-order valence-corrected chi connectivity index (χ2v) is 2.88. The van der Waals surface area contributed by atoms with E-state index in [-0.39, 0.29) is 17.5 Å². The van der Waals surface area contributed by atoms with Gasteiger partial charge in [-0.2, -0.15) is 0 Å². The molecule has 0 amide bonds. The molecule has 0 saturated carbocycles. The number of benzene rings is 1. The number of thiol groups is 1. The average molecular weight is 219 g/mol. The van der Waals surface area contributed by atoms with Crippen molar-refractivity contribution >= 4 is 22.3 Å². The minimum atomic E-state index is -2.87. The Hall–Kier alpha value is -1.67. The number of nitro groups is 1. The van der Waals surface area contributed by atoms with E-state index in [4.69, 9.17) is 0 Å². The summed E-state index contributed by atoms with van der Waals surface area (Å²) in [5, 5.41) is 10.4. The van der Waals surface area contributed by atoms with E-state index in [9.17, 15) is 18.5 Å². The summed E-state index contributed by atoms with van der Waals surface area (Å²) in [5.74, 6) is 0. The van der Waals surface area contributed by atoms with Gasteiger partial charge in [0.15, 0.2) is 0 Å². The molecule has 0 aliphatic rings. The molecule has 0 unspecified atom stereocenters. The van der Waals surface area contributed by atoms with Crippen molar-refractivity contribution < 1.29 is 13.3 Å². The van der Waals surface area contributed by atoms with Gasteiger partial charge in [-0.3, -0.25) is 14.8 Å². The van der Waals surface area contributed by atoms with Crippen LogP contribution in [0.2, 0.25) is 0 Å². The first-order chi connectivity index (χ1) is 6.11. The van der Waals surface area contributed by atoms with Crippen LogP contribution in [-0.2, 0) is 10.9 Å². The zero-order valence-electron chi connectivity index (χ0n) is 7.04. The lowest BCUT2D eigenvalue weighted by Crippen LogP contribution is -1.99. The fraction of sp³-hybridized carbons (Fsp3) is 0. The van der Waals surface area contributed by atoms with Crippen LogP contribution in [0.25, 0.3) is 0 Å². The number of anilines is 1. The van der Waals surface area contributed by atoms with Crippen LogP contribution in [-0.4, -0.2) is 13.3 Å². The first-order valence-corrected chi connectivity index (χ1v) is 4.43. The molecule has 1 aromatic rings. The Labute approximate surface area is 81.6 Å². The number of nitrogens with one attached hydrogen (secondary N) is 1. The summed E-state index contributed by atoms with van der Waals surface area (Å²) >= 11 is 0. The van der Waals surface area contributed by atoms with E-state index in [1.807, 2.05) is 4.72 Å². The summed E-state index contributed by atoms with van der Waals surface area (Å²) in [5.41, 5.74) is -0.287. The predicted octanol–water partition coefficient (Wildman–Crippen LogP) is 0.695. The van der Waals surface area contributed by atoms with Crippen LogP contribution >= 0.6 is 0 Å². The summed E-state index contributed by atoms with van der Waals surface area (Å²) in [6.07, 6.45) is 0. The van der Waals surface area contributed by atoms with E-state index >= 15 is 0 Å². The maximum absolute atomic E-state index is 10.4. The number of nitro benzene ring substituents is 1. The Morgan fingerprint density at radius 2 is 1.86 bits per heavy atom. The molecule has 14 heavy (non-hydrogen) atoms.